The van der Waals surface area contributed by atoms with E-state index in [-0.39, 0.29) is 24.6 Å². The first-order valence-corrected chi connectivity index (χ1v) is 8.74. The molecule has 1 fully saturated rings. The Labute approximate surface area is 157 Å². The van der Waals surface area contributed by atoms with Crippen molar-refractivity contribution >= 4 is 34.9 Å². The van der Waals surface area contributed by atoms with Crippen LogP contribution >= 0.6 is 11.6 Å². The monoisotopic (exact) mass is 380 g/mol. The van der Waals surface area contributed by atoms with Gasteiger partial charge in [0.25, 0.3) is 0 Å². The summed E-state index contributed by atoms with van der Waals surface area (Å²) in [5.41, 5.74) is 1.87. The van der Waals surface area contributed by atoms with Gasteiger partial charge in [-0.25, -0.2) is 9.59 Å². The van der Waals surface area contributed by atoms with Gasteiger partial charge in [-0.1, -0.05) is 11.6 Å². The Morgan fingerprint density at radius 1 is 1.08 bits per heavy atom. The molecule has 1 aromatic rings. The fourth-order valence-electron chi connectivity index (χ4n) is 3.27. The lowest BCUT2D eigenvalue weighted by Crippen LogP contribution is -2.39. The van der Waals surface area contributed by atoms with Crippen LogP contribution in [-0.4, -0.2) is 52.6 Å². The zero-order valence-corrected chi connectivity index (χ0v) is 15.5. The predicted molar refractivity (Wildman–Crippen MR) is 97.3 cm³/mol. The van der Waals surface area contributed by atoms with Gasteiger partial charge in [-0.05, 0) is 31.0 Å². The van der Waals surface area contributed by atoms with E-state index in [4.69, 9.17) is 25.8 Å². The normalized spacial score (nSPS) is 17.5. The predicted octanol–water partition coefficient (Wildman–Crippen LogP) is 2.33. The van der Waals surface area contributed by atoms with Crippen LogP contribution in [0.15, 0.2) is 29.5 Å². The Kier molecular flexibility index (Phi) is 5.68. The summed E-state index contributed by atoms with van der Waals surface area (Å²) in [6.45, 7) is 1.92. The van der Waals surface area contributed by atoms with Gasteiger partial charge in [0.15, 0.2) is 0 Å². The van der Waals surface area contributed by atoms with Gasteiger partial charge in [0, 0.05) is 18.1 Å². The molecule has 0 radical (unpaired) electrons. The molecule has 2 aliphatic rings. The highest BCUT2D eigenvalue weighted by molar-refractivity contribution is 6.31. The van der Waals surface area contributed by atoms with E-state index in [9.17, 15) is 9.59 Å². The van der Waals surface area contributed by atoms with Gasteiger partial charge in [-0.2, -0.15) is 0 Å². The Morgan fingerprint density at radius 3 is 2.42 bits per heavy atom. The Hall–Kier alpha value is -2.25. The summed E-state index contributed by atoms with van der Waals surface area (Å²) < 4.78 is 15.3. The summed E-state index contributed by atoms with van der Waals surface area (Å²) in [5, 5.41) is 0.525. The first-order chi connectivity index (χ1) is 12.6. The fourth-order valence-corrected chi connectivity index (χ4v) is 3.44. The molecule has 7 nitrogen and oxygen atoms in total. The summed E-state index contributed by atoms with van der Waals surface area (Å²) in [6, 6.07) is 5.50. The molecule has 0 aromatic heterocycles. The van der Waals surface area contributed by atoms with Gasteiger partial charge in [0.2, 0.25) is 0 Å². The van der Waals surface area contributed by atoms with Gasteiger partial charge >= 0.3 is 11.9 Å². The molecule has 3 rings (SSSR count). The van der Waals surface area contributed by atoms with Crippen molar-refractivity contribution in [1.82, 2.24) is 0 Å². The number of carbonyl (C=O) groups is 2. The van der Waals surface area contributed by atoms with Crippen LogP contribution in [-0.2, 0) is 23.8 Å². The van der Waals surface area contributed by atoms with Crippen LogP contribution < -0.4 is 9.80 Å². The molecule has 2 aliphatic heterocycles. The molecule has 2 heterocycles. The minimum absolute atomic E-state index is 0.0206. The van der Waals surface area contributed by atoms with Crippen molar-refractivity contribution in [2.75, 3.05) is 50.4 Å². The van der Waals surface area contributed by atoms with Crippen LogP contribution in [0.1, 0.15) is 12.8 Å². The van der Waals surface area contributed by atoms with E-state index < -0.39 is 11.9 Å². The lowest BCUT2D eigenvalue weighted by Gasteiger charge is -2.34. The third kappa shape index (κ3) is 3.50. The average Bonchev–Trinajstić information content (AvgIpc) is 3.20. The number of ether oxygens (including phenoxy) is 3. The first kappa shape index (κ1) is 18.5. The zero-order chi connectivity index (χ0) is 18.7. The molecule has 0 N–H and O–H groups in total. The molecular formula is C18H21ClN2O5. The summed E-state index contributed by atoms with van der Waals surface area (Å²) >= 11 is 6.22. The van der Waals surface area contributed by atoms with Crippen molar-refractivity contribution in [3.05, 3.63) is 34.5 Å². The van der Waals surface area contributed by atoms with E-state index in [1.54, 1.807) is 11.0 Å². The standard InChI is InChI=1S/C18H21ClN2O5/c1-24-17(22)13-10-26-11-21(16(13)18(23)25-2)15-9-12(19)5-6-14(15)20-7-3-4-8-20/h5-6,9H,3-4,7-8,10-11H2,1-2H3. The minimum atomic E-state index is -0.625. The molecule has 1 aromatic carbocycles. The third-order valence-electron chi connectivity index (χ3n) is 4.51. The number of methoxy groups -OCH3 is 2. The molecular weight excluding hydrogens is 360 g/mol. The number of hydrogen-bond acceptors (Lipinski definition) is 7. The van der Waals surface area contributed by atoms with Crippen LogP contribution in [0.3, 0.4) is 0 Å². The van der Waals surface area contributed by atoms with Gasteiger partial charge < -0.3 is 24.0 Å². The first-order valence-electron chi connectivity index (χ1n) is 8.36. The molecule has 26 heavy (non-hydrogen) atoms. The van der Waals surface area contributed by atoms with Crippen LogP contribution in [0.5, 0.6) is 0 Å². The van der Waals surface area contributed by atoms with Gasteiger partial charge in [0.1, 0.15) is 12.4 Å². The Morgan fingerprint density at radius 2 is 1.77 bits per heavy atom. The molecule has 0 aliphatic carbocycles. The number of esters is 2. The summed E-state index contributed by atoms with van der Waals surface area (Å²) in [6.07, 6.45) is 2.21. The maximum atomic E-state index is 12.5. The van der Waals surface area contributed by atoms with Crippen molar-refractivity contribution < 1.29 is 23.8 Å². The zero-order valence-electron chi connectivity index (χ0n) is 14.8. The van der Waals surface area contributed by atoms with E-state index in [1.165, 1.54) is 14.2 Å². The number of carbonyl (C=O) groups excluding carboxylic acids is 2. The summed E-state index contributed by atoms with van der Waals surface area (Å²) in [4.78, 5) is 28.5. The molecule has 140 valence electrons. The van der Waals surface area contributed by atoms with Gasteiger partial charge in [-0.3, -0.25) is 0 Å². The van der Waals surface area contributed by atoms with Crippen LogP contribution in [0, 0.1) is 0 Å². The number of anilines is 2. The Bertz CT molecular complexity index is 743. The Balaban J connectivity index is 2.13. The maximum Gasteiger partial charge on any atom is 0.355 e. The van der Waals surface area contributed by atoms with Crippen molar-refractivity contribution in [3.63, 3.8) is 0 Å². The second-order valence-corrected chi connectivity index (χ2v) is 6.48. The fraction of sp³-hybridized carbons (Fsp3) is 0.444. The average molecular weight is 381 g/mol. The number of rotatable bonds is 4. The second kappa shape index (κ2) is 7.97. The van der Waals surface area contributed by atoms with Crippen molar-refractivity contribution in [2.45, 2.75) is 12.8 Å². The quantitative estimate of drug-likeness (QED) is 0.742. The molecule has 0 atom stereocenters. The smallest absolute Gasteiger partial charge is 0.355 e. The second-order valence-electron chi connectivity index (χ2n) is 6.04. The lowest BCUT2D eigenvalue weighted by atomic mass is 10.1. The van der Waals surface area contributed by atoms with E-state index in [0.29, 0.717) is 10.7 Å². The van der Waals surface area contributed by atoms with Crippen LogP contribution in [0.25, 0.3) is 0 Å². The number of halogens is 1. The molecule has 0 unspecified atom stereocenters. The molecule has 0 bridgehead atoms. The third-order valence-corrected chi connectivity index (χ3v) is 4.74. The number of nitrogens with zero attached hydrogens (tertiary/aromatic N) is 2. The highest BCUT2D eigenvalue weighted by Crippen LogP contribution is 2.38. The lowest BCUT2D eigenvalue weighted by molar-refractivity contribution is -0.140. The largest absolute Gasteiger partial charge is 0.466 e. The highest BCUT2D eigenvalue weighted by atomic mass is 35.5. The number of hydrogen-bond donors (Lipinski definition) is 0. The summed E-state index contributed by atoms with van der Waals surface area (Å²) in [5.74, 6) is -1.25. The molecule has 0 saturated carbocycles. The van der Waals surface area contributed by atoms with E-state index in [2.05, 4.69) is 4.90 Å². The molecule has 1 saturated heterocycles. The highest BCUT2D eigenvalue weighted by Gasteiger charge is 2.34. The van der Waals surface area contributed by atoms with E-state index in [1.807, 2.05) is 12.1 Å². The van der Waals surface area contributed by atoms with E-state index in [0.717, 1.165) is 31.6 Å². The molecule has 8 heteroatoms. The van der Waals surface area contributed by atoms with Gasteiger partial charge in [0.05, 0.1) is 37.8 Å². The van der Waals surface area contributed by atoms with Crippen LogP contribution in [0.4, 0.5) is 11.4 Å². The molecule has 0 amide bonds. The van der Waals surface area contributed by atoms with Gasteiger partial charge in [-0.15, -0.1) is 0 Å². The van der Waals surface area contributed by atoms with E-state index >= 15 is 0 Å². The topological polar surface area (TPSA) is 68.3 Å². The van der Waals surface area contributed by atoms with Crippen LogP contribution in [0.2, 0.25) is 5.02 Å². The molecule has 0 spiro atoms. The SMILES string of the molecule is COC(=O)C1=C(C(=O)OC)N(c2cc(Cl)ccc2N2CCCC2)COC1. The maximum absolute atomic E-state index is 12.5. The van der Waals surface area contributed by atoms with Crippen molar-refractivity contribution in [3.8, 4) is 0 Å². The minimum Gasteiger partial charge on any atom is -0.466 e. The van der Waals surface area contributed by atoms with Crippen molar-refractivity contribution in [2.24, 2.45) is 0 Å². The number of benzene rings is 1. The van der Waals surface area contributed by atoms with Crippen molar-refractivity contribution in [1.29, 1.82) is 0 Å². The summed E-state index contributed by atoms with van der Waals surface area (Å²) in [7, 11) is 2.54.